The summed E-state index contributed by atoms with van der Waals surface area (Å²) in [4.78, 5) is 11.7. The number of aromatic nitrogens is 1. The third kappa shape index (κ3) is 4.45. The largest absolute Gasteiger partial charge is 0.464 e. The van der Waals surface area contributed by atoms with Crippen molar-refractivity contribution >= 4 is 45.0 Å². The maximum atomic E-state index is 12.3. The standard InChI is InChI=1S/C19H13Cl2N3O6S/c1-29-19(25)18-17(23)10(8-22)9-24(18)14-6-13(21)16(31(26,27)28)7-15(14)30-12-4-2-11(20)3-5-12/h2-7,9H,23H2,1H3,(H,26,27,28). The third-order valence-corrected chi connectivity index (χ3v) is 5.71. The number of ether oxygens (including phenoxy) is 2. The van der Waals surface area contributed by atoms with E-state index in [1.54, 1.807) is 0 Å². The van der Waals surface area contributed by atoms with Crippen LogP contribution in [0, 0.1) is 11.3 Å². The van der Waals surface area contributed by atoms with Crippen molar-refractivity contribution in [2.45, 2.75) is 4.90 Å². The molecule has 160 valence electrons. The molecule has 0 aliphatic heterocycles. The highest BCUT2D eigenvalue weighted by Gasteiger charge is 2.26. The quantitative estimate of drug-likeness (QED) is 0.409. The summed E-state index contributed by atoms with van der Waals surface area (Å²) in [6.45, 7) is 0. The minimum absolute atomic E-state index is 0.0344. The minimum Gasteiger partial charge on any atom is -0.464 e. The van der Waals surface area contributed by atoms with Gasteiger partial charge in [-0.1, -0.05) is 23.2 Å². The molecule has 31 heavy (non-hydrogen) atoms. The van der Waals surface area contributed by atoms with Gasteiger partial charge in [-0.05, 0) is 30.3 Å². The van der Waals surface area contributed by atoms with Gasteiger partial charge < -0.3 is 19.8 Å². The molecule has 12 heteroatoms. The lowest BCUT2D eigenvalue weighted by molar-refractivity contribution is 0.0593. The molecule has 0 aliphatic carbocycles. The third-order valence-electron chi connectivity index (χ3n) is 4.14. The van der Waals surface area contributed by atoms with Crippen LogP contribution in [0.1, 0.15) is 16.1 Å². The Bertz CT molecular complexity index is 1330. The van der Waals surface area contributed by atoms with Gasteiger partial charge in [0, 0.05) is 17.3 Å². The first-order valence-electron chi connectivity index (χ1n) is 8.31. The van der Waals surface area contributed by atoms with Crippen molar-refractivity contribution in [1.29, 1.82) is 5.26 Å². The molecule has 0 fully saturated rings. The molecule has 0 unspecified atom stereocenters. The van der Waals surface area contributed by atoms with Gasteiger partial charge in [-0.25, -0.2) is 4.79 Å². The van der Waals surface area contributed by atoms with Crippen molar-refractivity contribution in [2.24, 2.45) is 0 Å². The molecule has 0 amide bonds. The van der Waals surface area contributed by atoms with Crippen molar-refractivity contribution in [2.75, 3.05) is 12.8 Å². The summed E-state index contributed by atoms with van der Waals surface area (Å²) in [7, 11) is -3.57. The average molecular weight is 482 g/mol. The number of carbonyl (C=O) groups is 1. The molecule has 3 aromatic rings. The lowest BCUT2D eigenvalue weighted by Gasteiger charge is -2.16. The van der Waals surface area contributed by atoms with Crippen LogP contribution >= 0.6 is 23.2 Å². The van der Waals surface area contributed by atoms with E-state index in [-0.39, 0.29) is 39.2 Å². The van der Waals surface area contributed by atoms with Crippen LogP contribution in [0.4, 0.5) is 5.69 Å². The summed E-state index contributed by atoms with van der Waals surface area (Å²) >= 11 is 11.9. The molecule has 3 rings (SSSR count). The Balaban J connectivity index is 2.32. The second kappa shape index (κ2) is 8.49. The van der Waals surface area contributed by atoms with Gasteiger partial charge in [0.2, 0.25) is 0 Å². The zero-order chi connectivity index (χ0) is 22.9. The van der Waals surface area contributed by atoms with Crippen LogP contribution in [0.5, 0.6) is 11.5 Å². The number of esters is 1. The van der Waals surface area contributed by atoms with Crippen LogP contribution in [0.2, 0.25) is 10.0 Å². The highest BCUT2D eigenvalue weighted by molar-refractivity contribution is 7.86. The number of rotatable bonds is 5. The van der Waals surface area contributed by atoms with Gasteiger partial charge in [-0.2, -0.15) is 13.7 Å². The normalized spacial score (nSPS) is 11.1. The van der Waals surface area contributed by atoms with Crippen molar-refractivity contribution in [3.8, 4) is 23.3 Å². The van der Waals surface area contributed by atoms with E-state index < -0.39 is 21.0 Å². The monoisotopic (exact) mass is 481 g/mol. The number of hydrogen-bond donors (Lipinski definition) is 2. The SMILES string of the molecule is COC(=O)c1c(N)c(C#N)cn1-c1cc(Cl)c(S(=O)(=O)O)cc1Oc1ccc(Cl)cc1. The summed E-state index contributed by atoms with van der Waals surface area (Å²) in [6.07, 6.45) is 1.25. The van der Waals surface area contributed by atoms with Crippen LogP contribution in [0.25, 0.3) is 5.69 Å². The van der Waals surface area contributed by atoms with E-state index in [9.17, 15) is 23.0 Å². The Kier molecular flexibility index (Phi) is 6.15. The number of halogens is 2. The Labute approximate surface area is 186 Å². The predicted octanol–water partition coefficient (Wildman–Crippen LogP) is 4.06. The van der Waals surface area contributed by atoms with E-state index >= 15 is 0 Å². The number of nitrogens with zero attached hydrogens (tertiary/aromatic N) is 2. The lowest BCUT2D eigenvalue weighted by Crippen LogP contribution is -2.12. The fourth-order valence-electron chi connectivity index (χ4n) is 2.73. The molecule has 0 radical (unpaired) electrons. The molecule has 3 N–H and O–H groups in total. The number of anilines is 1. The Morgan fingerprint density at radius 1 is 1.23 bits per heavy atom. The molecular formula is C19H13Cl2N3O6S. The molecular weight excluding hydrogens is 469 g/mol. The number of carbonyl (C=O) groups excluding carboxylic acids is 1. The summed E-state index contributed by atoms with van der Waals surface area (Å²) < 4.78 is 44.7. The van der Waals surface area contributed by atoms with Crippen molar-refractivity contribution in [1.82, 2.24) is 4.57 Å². The van der Waals surface area contributed by atoms with Crippen LogP contribution < -0.4 is 10.5 Å². The predicted molar refractivity (Wildman–Crippen MR) is 113 cm³/mol. The van der Waals surface area contributed by atoms with Crippen molar-refractivity contribution < 1.29 is 27.2 Å². The smallest absolute Gasteiger partial charge is 0.357 e. The molecule has 0 atom stereocenters. The fraction of sp³-hybridized carbons (Fsp3) is 0.0526. The maximum absolute atomic E-state index is 12.3. The topological polar surface area (TPSA) is 145 Å². The van der Waals surface area contributed by atoms with E-state index in [0.717, 1.165) is 19.2 Å². The molecule has 0 saturated carbocycles. The van der Waals surface area contributed by atoms with Gasteiger partial charge in [0.1, 0.15) is 16.7 Å². The van der Waals surface area contributed by atoms with E-state index in [2.05, 4.69) is 0 Å². The molecule has 0 bridgehead atoms. The van der Waals surface area contributed by atoms with Gasteiger partial charge in [-0.15, -0.1) is 0 Å². The zero-order valence-electron chi connectivity index (χ0n) is 15.7. The van der Waals surface area contributed by atoms with Gasteiger partial charge in [-0.3, -0.25) is 4.55 Å². The number of nitriles is 1. The van der Waals surface area contributed by atoms with Crippen molar-refractivity contribution in [3.63, 3.8) is 0 Å². The number of benzene rings is 2. The van der Waals surface area contributed by atoms with Gasteiger partial charge in [0.15, 0.2) is 11.4 Å². The van der Waals surface area contributed by atoms with Gasteiger partial charge >= 0.3 is 5.97 Å². The Hall–Kier alpha value is -3.23. The maximum Gasteiger partial charge on any atom is 0.357 e. The molecule has 9 nitrogen and oxygen atoms in total. The number of nitrogens with two attached hydrogens (primary N) is 1. The molecule has 0 aliphatic rings. The number of nitrogen functional groups attached to an aromatic ring is 1. The first kappa shape index (κ1) is 22.5. The molecule has 0 saturated heterocycles. The van der Waals surface area contributed by atoms with E-state index in [0.29, 0.717) is 5.02 Å². The Morgan fingerprint density at radius 2 is 1.87 bits per heavy atom. The average Bonchev–Trinajstić information content (AvgIpc) is 3.05. The second-order valence-corrected chi connectivity index (χ2v) is 8.29. The van der Waals surface area contributed by atoms with Gasteiger partial charge in [0.25, 0.3) is 10.1 Å². The van der Waals surface area contributed by atoms with E-state index in [1.165, 1.54) is 35.0 Å². The summed E-state index contributed by atoms with van der Waals surface area (Å²) in [6, 6.07) is 10.1. The minimum atomic E-state index is -4.70. The second-order valence-electron chi connectivity index (χ2n) is 6.06. The summed E-state index contributed by atoms with van der Waals surface area (Å²) in [5, 5.41) is 9.39. The molecule has 1 aromatic heterocycles. The molecule has 2 aromatic carbocycles. The van der Waals surface area contributed by atoms with Crippen LogP contribution in [-0.4, -0.2) is 30.6 Å². The Morgan fingerprint density at radius 3 is 2.42 bits per heavy atom. The van der Waals surface area contributed by atoms with Crippen LogP contribution in [0.3, 0.4) is 0 Å². The zero-order valence-corrected chi connectivity index (χ0v) is 18.0. The van der Waals surface area contributed by atoms with E-state index in [4.69, 9.17) is 38.4 Å². The number of hydrogen-bond acceptors (Lipinski definition) is 7. The molecule has 1 heterocycles. The highest BCUT2D eigenvalue weighted by atomic mass is 35.5. The molecule has 0 spiro atoms. The van der Waals surface area contributed by atoms with Crippen LogP contribution in [0.15, 0.2) is 47.5 Å². The number of methoxy groups -OCH3 is 1. The summed E-state index contributed by atoms with van der Waals surface area (Å²) in [5.74, 6) is -0.718. The van der Waals surface area contributed by atoms with Crippen molar-refractivity contribution in [3.05, 3.63) is 63.9 Å². The highest BCUT2D eigenvalue weighted by Crippen LogP contribution is 2.38. The fourth-order valence-corrected chi connectivity index (χ4v) is 3.86. The first-order chi connectivity index (χ1) is 14.6. The van der Waals surface area contributed by atoms with Gasteiger partial charge in [0.05, 0.1) is 29.1 Å². The lowest BCUT2D eigenvalue weighted by atomic mass is 10.2. The van der Waals surface area contributed by atoms with Crippen LogP contribution in [-0.2, 0) is 14.9 Å². The summed E-state index contributed by atoms with van der Waals surface area (Å²) in [5.41, 5.74) is 5.59. The van der Waals surface area contributed by atoms with E-state index in [1.807, 2.05) is 6.07 Å². The first-order valence-corrected chi connectivity index (χ1v) is 10.5.